The Kier molecular flexibility index (Phi) is 3.24. The predicted molar refractivity (Wildman–Crippen MR) is 54.5 cm³/mol. The van der Waals surface area contributed by atoms with Gasteiger partial charge in [-0.2, -0.15) is 0 Å². The molecule has 72 valence electrons. The summed E-state index contributed by atoms with van der Waals surface area (Å²) in [5.41, 5.74) is 0.751. The van der Waals surface area contributed by atoms with Crippen molar-refractivity contribution in [3.8, 4) is 0 Å². The number of benzene rings is 1. The molecule has 0 spiro atoms. The average molecular weight is 188 g/mol. The van der Waals surface area contributed by atoms with Gasteiger partial charge in [0.15, 0.2) is 0 Å². The molecule has 14 heavy (non-hydrogen) atoms. The van der Waals surface area contributed by atoms with Crippen LogP contribution in [0.5, 0.6) is 0 Å². The minimum absolute atomic E-state index is 0.175. The zero-order valence-corrected chi connectivity index (χ0v) is 8.27. The van der Waals surface area contributed by atoms with Crippen molar-refractivity contribution in [3.05, 3.63) is 47.3 Å². The maximum absolute atomic E-state index is 11.6. The molecule has 0 radical (unpaired) electrons. The van der Waals surface area contributed by atoms with Crippen LogP contribution in [0.4, 0.5) is 0 Å². The van der Waals surface area contributed by atoms with Gasteiger partial charge in [0.1, 0.15) is 0 Å². The number of rotatable bonds is 2. The third-order valence-electron chi connectivity index (χ3n) is 1.92. The first-order valence-electron chi connectivity index (χ1n) is 4.29. The van der Waals surface area contributed by atoms with Crippen LogP contribution < -0.4 is 0 Å². The molecule has 0 heterocycles. The highest BCUT2D eigenvalue weighted by Gasteiger charge is 2.26. The van der Waals surface area contributed by atoms with Gasteiger partial charge in [-0.1, -0.05) is 30.3 Å². The van der Waals surface area contributed by atoms with Crippen LogP contribution in [0.25, 0.3) is 4.85 Å². The van der Waals surface area contributed by atoms with Gasteiger partial charge < -0.3 is 4.90 Å². The molecule has 0 saturated heterocycles. The molecule has 0 fully saturated rings. The molecule has 0 bridgehead atoms. The zero-order chi connectivity index (χ0) is 10.6. The number of amides is 1. The van der Waals surface area contributed by atoms with E-state index in [9.17, 15) is 4.79 Å². The maximum atomic E-state index is 11.6. The molecule has 1 amide bonds. The highest BCUT2D eigenvalue weighted by atomic mass is 16.2. The Balaban J connectivity index is 2.96. The first-order chi connectivity index (χ1) is 6.66. The Morgan fingerprint density at radius 3 is 2.36 bits per heavy atom. The second-order valence-electron chi connectivity index (χ2n) is 3.17. The van der Waals surface area contributed by atoms with Gasteiger partial charge in [0.25, 0.3) is 0 Å². The third kappa shape index (κ3) is 2.11. The molecule has 1 aromatic rings. The van der Waals surface area contributed by atoms with Crippen molar-refractivity contribution < 1.29 is 4.79 Å². The molecular weight excluding hydrogens is 176 g/mol. The van der Waals surface area contributed by atoms with Gasteiger partial charge in [-0.25, -0.2) is 6.57 Å². The van der Waals surface area contributed by atoms with Gasteiger partial charge in [0.2, 0.25) is 0 Å². The lowest BCUT2D eigenvalue weighted by Crippen LogP contribution is -2.26. The lowest BCUT2D eigenvalue weighted by molar-refractivity contribution is -0.129. The van der Waals surface area contributed by atoms with E-state index in [0.29, 0.717) is 0 Å². The molecule has 0 aliphatic rings. The minimum atomic E-state index is -0.703. The Hall–Kier alpha value is -1.82. The number of carbonyl (C=O) groups excluding carboxylic acids is 1. The topological polar surface area (TPSA) is 24.7 Å². The van der Waals surface area contributed by atoms with E-state index in [4.69, 9.17) is 6.57 Å². The number of hydrogen-bond donors (Lipinski definition) is 0. The summed E-state index contributed by atoms with van der Waals surface area (Å²) in [4.78, 5) is 16.4. The van der Waals surface area contributed by atoms with Gasteiger partial charge in [-0.3, -0.25) is 9.64 Å². The highest BCUT2D eigenvalue weighted by molar-refractivity contribution is 5.84. The number of hydrogen-bond acceptors (Lipinski definition) is 1. The van der Waals surface area contributed by atoms with Crippen LogP contribution in [0.3, 0.4) is 0 Å². The van der Waals surface area contributed by atoms with Crippen molar-refractivity contribution in [2.45, 2.75) is 6.04 Å². The second kappa shape index (κ2) is 4.43. The van der Waals surface area contributed by atoms with Crippen LogP contribution in [0, 0.1) is 6.57 Å². The summed E-state index contributed by atoms with van der Waals surface area (Å²) in [7, 11) is 3.31. The molecule has 1 atom stereocenters. The maximum Gasteiger partial charge on any atom is 0.325 e. The quantitative estimate of drug-likeness (QED) is 0.649. The summed E-state index contributed by atoms with van der Waals surface area (Å²) in [6, 6.07) is 8.41. The van der Waals surface area contributed by atoms with Gasteiger partial charge in [-0.05, 0) is 0 Å². The molecule has 0 saturated carbocycles. The monoisotopic (exact) mass is 188 g/mol. The van der Waals surface area contributed by atoms with E-state index in [0.717, 1.165) is 5.56 Å². The van der Waals surface area contributed by atoms with E-state index in [1.54, 1.807) is 26.2 Å². The fraction of sp³-hybridized carbons (Fsp3) is 0.273. The van der Waals surface area contributed by atoms with Crippen molar-refractivity contribution in [1.29, 1.82) is 0 Å². The predicted octanol–water partition coefficient (Wildman–Crippen LogP) is 1.74. The second-order valence-corrected chi connectivity index (χ2v) is 3.17. The van der Waals surface area contributed by atoms with Gasteiger partial charge >= 0.3 is 11.9 Å². The van der Waals surface area contributed by atoms with E-state index in [1.807, 2.05) is 18.2 Å². The first-order valence-corrected chi connectivity index (χ1v) is 4.29. The van der Waals surface area contributed by atoms with Crippen LogP contribution >= 0.6 is 0 Å². The SMILES string of the molecule is [C-]#[N+]C(C(=O)N(C)C)c1ccccc1. The van der Waals surface area contributed by atoms with Crippen molar-refractivity contribution in [2.75, 3.05) is 14.1 Å². The van der Waals surface area contributed by atoms with E-state index in [2.05, 4.69) is 4.85 Å². The molecule has 0 N–H and O–H groups in total. The third-order valence-corrected chi connectivity index (χ3v) is 1.92. The van der Waals surface area contributed by atoms with Crippen LogP contribution in [0.1, 0.15) is 11.6 Å². The standard InChI is InChI=1S/C11H12N2O/c1-12-10(11(14)13(2)3)9-7-5-4-6-8-9/h4-8,10H,2-3H3. The molecule has 1 aromatic carbocycles. The van der Waals surface area contributed by atoms with Crippen molar-refractivity contribution >= 4 is 5.91 Å². The smallest absolute Gasteiger partial charge is 0.325 e. The Morgan fingerprint density at radius 1 is 1.36 bits per heavy atom. The Morgan fingerprint density at radius 2 is 1.93 bits per heavy atom. The van der Waals surface area contributed by atoms with Crippen LogP contribution in [-0.4, -0.2) is 24.9 Å². The number of nitrogens with zero attached hydrogens (tertiary/aromatic N) is 2. The van der Waals surface area contributed by atoms with Crippen molar-refractivity contribution in [3.63, 3.8) is 0 Å². The van der Waals surface area contributed by atoms with Crippen molar-refractivity contribution in [2.24, 2.45) is 0 Å². The minimum Gasteiger partial charge on any atom is -0.342 e. The average Bonchev–Trinajstić information content (AvgIpc) is 2.20. The molecule has 3 nitrogen and oxygen atoms in total. The molecular formula is C11H12N2O. The highest BCUT2D eigenvalue weighted by Crippen LogP contribution is 2.18. The number of carbonyl (C=O) groups is 1. The summed E-state index contributed by atoms with van der Waals surface area (Å²) in [5.74, 6) is -0.175. The summed E-state index contributed by atoms with van der Waals surface area (Å²) in [5, 5.41) is 0. The normalized spacial score (nSPS) is 11.5. The molecule has 1 rings (SSSR count). The molecule has 0 aromatic heterocycles. The Bertz CT molecular complexity index is 351. The Labute approximate surface area is 83.8 Å². The van der Waals surface area contributed by atoms with Crippen LogP contribution in [0.15, 0.2) is 30.3 Å². The van der Waals surface area contributed by atoms with Crippen LogP contribution in [0.2, 0.25) is 0 Å². The molecule has 3 heteroatoms. The first kappa shape index (κ1) is 10.3. The summed E-state index contributed by atoms with van der Waals surface area (Å²) >= 11 is 0. The molecule has 0 aliphatic carbocycles. The van der Waals surface area contributed by atoms with E-state index >= 15 is 0 Å². The van der Waals surface area contributed by atoms with Crippen molar-refractivity contribution in [1.82, 2.24) is 4.90 Å². The fourth-order valence-electron chi connectivity index (χ4n) is 1.15. The largest absolute Gasteiger partial charge is 0.342 e. The van der Waals surface area contributed by atoms with Gasteiger partial charge in [-0.15, -0.1) is 0 Å². The molecule has 1 unspecified atom stereocenters. The van der Waals surface area contributed by atoms with E-state index in [1.165, 1.54) is 4.90 Å². The summed E-state index contributed by atoms with van der Waals surface area (Å²) < 4.78 is 0. The lowest BCUT2D eigenvalue weighted by Gasteiger charge is -2.11. The summed E-state index contributed by atoms with van der Waals surface area (Å²) in [6.07, 6.45) is 0. The van der Waals surface area contributed by atoms with E-state index < -0.39 is 6.04 Å². The van der Waals surface area contributed by atoms with Gasteiger partial charge in [0.05, 0.1) is 0 Å². The summed E-state index contributed by atoms with van der Waals surface area (Å²) in [6.45, 7) is 7.00. The van der Waals surface area contributed by atoms with E-state index in [-0.39, 0.29) is 5.91 Å². The zero-order valence-electron chi connectivity index (χ0n) is 8.27. The number of likely N-dealkylation sites (N-methyl/N-ethyl adjacent to an activating group) is 1. The molecule has 0 aliphatic heterocycles. The van der Waals surface area contributed by atoms with Crippen LogP contribution in [-0.2, 0) is 4.79 Å². The van der Waals surface area contributed by atoms with Gasteiger partial charge in [0, 0.05) is 19.7 Å². The lowest BCUT2D eigenvalue weighted by atomic mass is 10.1. The fourth-order valence-corrected chi connectivity index (χ4v) is 1.15.